The molecule has 3 N–H and O–H groups in total. The van der Waals surface area contributed by atoms with Gasteiger partial charge in [-0.3, -0.25) is 5.10 Å². The SMILES string of the molecule is Cc1n[nH]c(C)c1NC(=O)Nc1cccc2c1CCN2C. The molecule has 0 spiro atoms. The Kier molecular flexibility index (Phi) is 3.29. The summed E-state index contributed by atoms with van der Waals surface area (Å²) in [5.41, 5.74) is 5.60. The summed E-state index contributed by atoms with van der Waals surface area (Å²) in [6, 6.07) is 5.73. The molecule has 0 aliphatic carbocycles. The van der Waals surface area contributed by atoms with Gasteiger partial charge in [0.05, 0.1) is 17.1 Å². The largest absolute Gasteiger partial charge is 0.374 e. The number of hydrogen-bond acceptors (Lipinski definition) is 3. The quantitative estimate of drug-likeness (QED) is 0.794. The van der Waals surface area contributed by atoms with Gasteiger partial charge in [0, 0.05) is 30.5 Å². The fraction of sp³-hybridized carbons (Fsp3) is 0.333. The molecule has 0 radical (unpaired) electrons. The summed E-state index contributed by atoms with van der Waals surface area (Å²) in [6.07, 6.45) is 0.950. The van der Waals surface area contributed by atoms with E-state index >= 15 is 0 Å². The van der Waals surface area contributed by atoms with Gasteiger partial charge in [-0.25, -0.2) is 4.79 Å². The van der Waals surface area contributed by atoms with Gasteiger partial charge in [-0.2, -0.15) is 5.10 Å². The molecule has 0 saturated heterocycles. The van der Waals surface area contributed by atoms with Gasteiger partial charge in [-0.1, -0.05) is 6.07 Å². The van der Waals surface area contributed by atoms with Crippen molar-refractivity contribution >= 4 is 23.1 Å². The Labute approximate surface area is 123 Å². The van der Waals surface area contributed by atoms with Crippen LogP contribution in [0.2, 0.25) is 0 Å². The van der Waals surface area contributed by atoms with Crippen molar-refractivity contribution in [3.63, 3.8) is 0 Å². The minimum atomic E-state index is -0.245. The zero-order chi connectivity index (χ0) is 15.0. The summed E-state index contributed by atoms with van der Waals surface area (Å²) < 4.78 is 0. The number of nitrogens with one attached hydrogen (secondary N) is 3. The second kappa shape index (κ2) is 5.12. The number of nitrogens with zero attached hydrogens (tertiary/aromatic N) is 2. The van der Waals surface area contributed by atoms with Crippen LogP contribution < -0.4 is 15.5 Å². The van der Waals surface area contributed by atoms with Gasteiger partial charge < -0.3 is 15.5 Å². The second-order valence-electron chi connectivity index (χ2n) is 5.36. The number of anilines is 3. The van der Waals surface area contributed by atoms with Crippen LogP contribution in [0.1, 0.15) is 17.0 Å². The lowest BCUT2D eigenvalue weighted by Gasteiger charge is -2.14. The van der Waals surface area contributed by atoms with Crippen LogP contribution >= 0.6 is 0 Å². The van der Waals surface area contributed by atoms with Gasteiger partial charge in [0.25, 0.3) is 0 Å². The molecule has 6 nitrogen and oxygen atoms in total. The van der Waals surface area contributed by atoms with Crippen LogP contribution in [0.25, 0.3) is 0 Å². The fourth-order valence-electron chi connectivity index (χ4n) is 2.71. The molecule has 110 valence electrons. The Morgan fingerprint density at radius 2 is 2.14 bits per heavy atom. The highest BCUT2D eigenvalue weighted by Gasteiger charge is 2.20. The molecule has 0 fully saturated rings. The predicted molar refractivity (Wildman–Crippen MR) is 84.1 cm³/mol. The van der Waals surface area contributed by atoms with E-state index < -0.39 is 0 Å². The summed E-state index contributed by atoms with van der Waals surface area (Å²) in [6.45, 7) is 4.72. The summed E-state index contributed by atoms with van der Waals surface area (Å²) >= 11 is 0. The highest BCUT2D eigenvalue weighted by molar-refractivity contribution is 6.01. The van der Waals surface area contributed by atoms with Crippen molar-refractivity contribution < 1.29 is 4.79 Å². The maximum Gasteiger partial charge on any atom is 0.323 e. The molecule has 1 aliphatic heterocycles. The average Bonchev–Trinajstić information content (AvgIpc) is 2.98. The molecular weight excluding hydrogens is 266 g/mol. The van der Waals surface area contributed by atoms with E-state index in [9.17, 15) is 4.79 Å². The Hall–Kier alpha value is -2.50. The molecule has 0 bridgehead atoms. The first-order valence-corrected chi connectivity index (χ1v) is 6.99. The first-order valence-electron chi connectivity index (χ1n) is 6.99. The third-order valence-corrected chi connectivity index (χ3v) is 3.87. The summed E-state index contributed by atoms with van der Waals surface area (Å²) in [5.74, 6) is 0. The second-order valence-corrected chi connectivity index (χ2v) is 5.36. The van der Waals surface area contributed by atoms with E-state index in [4.69, 9.17) is 0 Å². The highest BCUT2D eigenvalue weighted by atomic mass is 16.2. The average molecular weight is 285 g/mol. The van der Waals surface area contributed by atoms with Crippen molar-refractivity contribution in [1.82, 2.24) is 10.2 Å². The van der Waals surface area contributed by atoms with Crippen LogP contribution in [-0.2, 0) is 6.42 Å². The summed E-state index contributed by atoms with van der Waals surface area (Å²) in [5, 5.41) is 12.7. The van der Waals surface area contributed by atoms with Gasteiger partial charge >= 0.3 is 6.03 Å². The number of urea groups is 1. The Morgan fingerprint density at radius 3 is 2.86 bits per heavy atom. The van der Waals surface area contributed by atoms with Crippen molar-refractivity contribution in [2.24, 2.45) is 0 Å². The monoisotopic (exact) mass is 285 g/mol. The molecule has 1 aromatic carbocycles. The molecule has 2 aromatic rings. The van der Waals surface area contributed by atoms with E-state index in [-0.39, 0.29) is 6.03 Å². The molecule has 21 heavy (non-hydrogen) atoms. The van der Waals surface area contributed by atoms with Gasteiger partial charge in [0.2, 0.25) is 0 Å². The molecule has 1 aliphatic rings. The molecule has 2 heterocycles. The van der Waals surface area contributed by atoms with Gasteiger partial charge in [0.1, 0.15) is 0 Å². The van der Waals surface area contributed by atoms with Crippen molar-refractivity contribution in [3.05, 3.63) is 35.2 Å². The van der Waals surface area contributed by atoms with E-state index in [0.717, 1.165) is 35.7 Å². The van der Waals surface area contributed by atoms with E-state index in [1.165, 1.54) is 11.3 Å². The number of fused-ring (bicyclic) bond motifs is 1. The zero-order valence-electron chi connectivity index (χ0n) is 12.4. The number of hydrogen-bond donors (Lipinski definition) is 3. The number of aryl methyl sites for hydroxylation is 2. The van der Waals surface area contributed by atoms with Crippen molar-refractivity contribution in [1.29, 1.82) is 0 Å². The number of carbonyl (C=O) groups excluding carboxylic acids is 1. The number of H-pyrrole nitrogens is 1. The normalized spacial score (nSPS) is 13.2. The fourth-order valence-corrected chi connectivity index (χ4v) is 2.71. The van der Waals surface area contributed by atoms with Gasteiger partial charge in [-0.05, 0) is 32.4 Å². The molecule has 1 aromatic heterocycles. The number of amides is 2. The summed E-state index contributed by atoms with van der Waals surface area (Å²) in [4.78, 5) is 14.4. The van der Waals surface area contributed by atoms with Crippen molar-refractivity contribution in [2.45, 2.75) is 20.3 Å². The number of rotatable bonds is 2. The molecule has 2 amide bonds. The Bertz CT molecular complexity index is 672. The number of aromatic amines is 1. The van der Waals surface area contributed by atoms with Crippen LogP contribution in [0.3, 0.4) is 0 Å². The van der Waals surface area contributed by atoms with Crippen LogP contribution in [-0.4, -0.2) is 29.8 Å². The number of aromatic nitrogens is 2. The summed E-state index contributed by atoms with van der Waals surface area (Å²) in [7, 11) is 2.06. The molecule has 0 saturated carbocycles. The van der Waals surface area contributed by atoms with Crippen LogP contribution in [0, 0.1) is 13.8 Å². The van der Waals surface area contributed by atoms with Crippen molar-refractivity contribution in [2.75, 3.05) is 29.1 Å². The van der Waals surface area contributed by atoms with E-state index in [2.05, 4.69) is 38.8 Å². The van der Waals surface area contributed by atoms with Crippen molar-refractivity contribution in [3.8, 4) is 0 Å². The van der Waals surface area contributed by atoms with Crippen LogP contribution in [0.5, 0.6) is 0 Å². The van der Waals surface area contributed by atoms with E-state index in [1.807, 2.05) is 26.0 Å². The zero-order valence-corrected chi connectivity index (χ0v) is 12.4. The topological polar surface area (TPSA) is 73.0 Å². The van der Waals surface area contributed by atoms with Crippen LogP contribution in [0.15, 0.2) is 18.2 Å². The number of carbonyl (C=O) groups is 1. The molecule has 6 heteroatoms. The standard InChI is InChI=1S/C15H19N5O/c1-9-14(10(2)19-18-9)17-15(21)16-12-5-4-6-13-11(12)7-8-20(13)3/h4-6H,7-8H2,1-3H3,(H,18,19)(H2,16,17,21). The minimum absolute atomic E-state index is 0.245. The number of likely N-dealkylation sites (N-methyl/N-ethyl adjacent to an activating group) is 1. The molecular formula is C15H19N5O. The van der Waals surface area contributed by atoms with Gasteiger partial charge in [0.15, 0.2) is 0 Å². The van der Waals surface area contributed by atoms with Crippen LogP contribution in [0.4, 0.5) is 21.9 Å². The molecule has 3 rings (SSSR count). The first-order chi connectivity index (χ1) is 10.1. The lowest BCUT2D eigenvalue weighted by atomic mass is 10.1. The predicted octanol–water partition coefficient (Wildman–Crippen LogP) is 2.66. The lowest BCUT2D eigenvalue weighted by Crippen LogP contribution is -2.20. The van der Waals surface area contributed by atoms with Gasteiger partial charge in [-0.15, -0.1) is 0 Å². The maximum absolute atomic E-state index is 12.2. The van der Waals surface area contributed by atoms with E-state index in [0.29, 0.717) is 0 Å². The third kappa shape index (κ3) is 2.44. The third-order valence-electron chi connectivity index (χ3n) is 3.87. The first kappa shape index (κ1) is 13.5. The minimum Gasteiger partial charge on any atom is -0.374 e. The molecule has 0 atom stereocenters. The lowest BCUT2D eigenvalue weighted by molar-refractivity contribution is 0.262. The maximum atomic E-state index is 12.2. The number of benzene rings is 1. The highest BCUT2D eigenvalue weighted by Crippen LogP contribution is 2.32. The smallest absolute Gasteiger partial charge is 0.323 e. The Balaban J connectivity index is 1.77. The Morgan fingerprint density at radius 1 is 1.33 bits per heavy atom. The molecule has 0 unspecified atom stereocenters. The van der Waals surface area contributed by atoms with E-state index in [1.54, 1.807) is 0 Å².